The molecular weight excluding hydrogens is 240 g/mol. The summed E-state index contributed by atoms with van der Waals surface area (Å²) >= 11 is 0. The number of methoxy groups -OCH3 is 1. The third-order valence-electron chi connectivity index (χ3n) is 3.96. The second-order valence-corrected chi connectivity index (χ2v) is 5.83. The van der Waals surface area contributed by atoms with Crippen LogP contribution in [-0.4, -0.2) is 24.4 Å². The quantitative estimate of drug-likeness (QED) is 0.892. The van der Waals surface area contributed by atoms with E-state index in [1.807, 2.05) is 33.8 Å². The van der Waals surface area contributed by atoms with Crippen molar-refractivity contribution in [3.05, 3.63) is 28.8 Å². The van der Waals surface area contributed by atoms with Crippen LogP contribution in [0.2, 0.25) is 0 Å². The lowest BCUT2D eigenvalue weighted by Gasteiger charge is -2.40. The van der Waals surface area contributed by atoms with Gasteiger partial charge < -0.3 is 14.6 Å². The molecule has 1 fully saturated rings. The Kier molecular flexibility index (Phi) is 3.88. The van der Waals surface area contributed by atoms with Gasteiger partial charge in [-0.2, -0.15) is 0 Å². The minimum absolute atomic E-state index is 0.0792. The largest absolute Gasteiger partial charge is 0.496 e. The molecule has 19 heavy (non-hydrogen) atoms. The van der Waals surface area contributed by atoms with Gasteiger partial charge >= 0.3 is 0 Å². The number of benzene rings is 1. The van der Waals surface area contributed by atoms with E-state index in [1.54, 1.807) is 7.11 Å². The maximum atomic E-state index is 11.0. The molecule has 3 heteroatoms. The SMILES string of the molecule is COc1cc(C)c(C2(O)CC(C)OC(C)C2)cc1C. The zero-order valence-electron chi connectivity index (χ0n) is 12.5. The van der Waals surface area contributed by atoms with Gasteiger partial charge in [0.25, 0.3) is 0 Å². The van der Waals surface area contributed by atoms with Crippen LogP contribution >= 0.6 is 0 Å². The van der Waals surface area contributed by atoms with E-state index in [-0.39, 0.29) is 12.2 Å². The molecule has 1 aliphatic rings. The zero-order chi connectivity index (χ0) is 14.2. The van der Waals surface area contributed by atoms with E-state index >= 15 is 0 Å². The first-order valence-electron chi connectivity index (χ1n) is 6.89. The first-order chi connectivity index (χ1) is 8.85. The van der Waals surface area contributed by atoms with Crippen LogP contribution in [0.4, 0.5) is 0 Å². The molecule has 1 heterocycles. The van der Waals surface area contributed by atoms with Crippen LogP contribution < -0.4 is 4.74 Å². The van der Waals surface area contributed by atoms with Gasteiger partial charge in [0, 0.05) is 12.8 Å². The molecule has 3 nitrogen and oxygen atoms in total. The van der Waals surface area contributed by atoms with Gasteiger partial charge in [-0.05, 0) is 56.5 Å². The van der Waals surface area contributed by atoms with E-state index in [1.165, 1.54) is 0 Å². The van der Waals surface area contributed by atoms with Gasteiger partial charge in [0.1, 0.15) is 5.75 Å². The number of hydrogen-bond acceptors (Lipinski definition) is 3. The summed E-state index contributed by atoms with van der Waals surface area (Å²) < 4.78 is 11.1. The highest BCUT2D eigenvalue weighted by molar-refractivity contribution is 5.44. The average Bonchev–Trinajstić information content (AvgIpc) is 2.29. The molecule has 106 valence electrons. The number of aliphatic hydroxyl groups is 1. The molecule has 0 aliphatic carbocycles. The zero-order valence-corrected chi connectivity index (χ0v) is 12.5. The molecule has 1 aromatic rings. The van der Waals surface area contributed by atoms with Crippen molar-refractivity contribution in [3.8, 4) is 5.75 Å². The third-order valence-corrected chi connectivity index (χ3v) is 3.96. The van der Waals surface area contributed by atoms with E-state index in [2.05, 4.69) is 6.07 Å². The van der Waals surface area contributed by atoms with Crippen molar-refractivity contribution in [3.63, 3.8) is 0 Å². The van der Waals surface area contributed by atoms with Crippen LogP contribution in [0.25, 0.3) is 0 Å². The molecule has 2 atom stereocenters. The van der Waals surface area contributed by atoms with Gasteiger partial charge in [0.05, 0.1) is 24.9 Å². The van der Waals surface area contributed by atoms with E-state index in [0.717, 1.165) is 22.4 Å². The molecule has 1 N–H and O–H groups in total. The van der Waals surface area contributed by atoms with Gasteiger partial charge in [-0.1, -0.05) is 0 Å². The monoisotopic (exact) mass is 264 g/mol. The first kappa shape index (κ1) is 14.4. The third kappa shape index (κ3) is 2.77. The number of ether oxygens (including phenoxy) is 2. The van der Waals surface area contributed by atoms with Crippen molar-refractivity contribution >= 4 is 0 Å². The maximum absolute atomic E-state index is 11.0. The molecule has 1 aliphatic heterocycles. The normalized spacial score (nSPS) is 31.3. The Labute approximate surface area is 115 Å². The minimum atomic E-state index is -0.793. The van der Waals surface area contributed by atoms with Crippen molar-refractivity contribution < 1.29 is 14.6 Å². The molecule has 0 bridgehead atoms. The van der Waals surface area contributed by atoms with Crippen molar-refractivity contribution in [1.29, 1.82) is 0 Å². The lowest BCUT2D eigenvalue weighted by Crippen LogP contribution is -2.41. The summed E-state index contributed by atoms with van der Waals surface area (Å²) in [7, 11) is 1.68. The first-order valence-corrected chi connectivity index (χ1v) is 6.89. The second-order valence-electron chi connectivity index (χ2n) is 5.83. The molecule has 0 aromatic heterocycles. The van der Waals surface area contributed by atoms with Crippen LogP contribution in [0.1, 0.15) is 43.4 Å². The summed E-state index contributed by atoms with van der Waals surface area (Å²) in [6.45, 7) is 8.08. The van der Waals surface area contributed by atoms with Crippen LogP contribution in [0.15, 0.2) is 12.1 Å². The molecule has 2 unspecified atom stereocenters. The Balaban J connectivity index is 2.42. The number of aryl methyl sites for hydroxylation is 2. The Morgan fingerprint density at radius 3 is 2.26 bits per heavy atom. The van der Waals surface area contributed by atoms with Crippen LogP contribution in [0.3, 0.4) is 0 Å². The molecule has 0 spiro atoms. The van der Waals surface area contributed by atoms with Gasteiger partial charge in [-0.3, -0.25) is 0 Å². The highest BCUT2D eigenvalue weighted by atomic mass is 16.5. The number of rotatable bonds is 2. The lowest BCUT2D eigenvalue weighted by atomic mass is 9.79. The van der Waals surface area contributed by atoms with Gasteiger partial charge in [0.15, 0.2) is 0 Å². The predicted octanol–water partition coefficient (Wildman–Crippen LogP) is 3.09. The van der Waals surface area contributed by atoms with E-state index < -0.39 is 5.60 Å². The van der Waals surface area contributed by atoms with E-state index in [0.29, 0.717) is 12.8 Å². The Bertz CT molecular complexity index is 457. The molecule has 1 aromatic carbocycles. The summed E-state index contributed by atoms with van der Waals surface area (Å²) in [4.78, 5) is 0. The highest BCUT2D eigenvalue weighted by Gasteiger charge is 2.39. The predicted molar refractivity (Wildman–Crippen MR) is 75.6 cm³/mol. The fourth-order valence-corrected chi connectivity index (χ4v) is 3.26. The second kappa shape index (κ2) is 5.14. The summed E-state index contributed by atoms with van der Waals surface area (Å²) in [5, 5.41) is 11.0. The van der Waals surface area contributed by atoms with Gasteiger partial charge in [-0.25, -0.2) is 0 Å². The molecule has 0 radical (unpaired) electrons. The van der Waals surface area contributed by atoms with Gasteiger partial charge in [-0.15, -0.1) is 0 Å². The van der Waals surface area contributed by atoms with E-state index in [9.17, 15) is 5.11 Å². The Hall–Kier alpha value is -1.06. The minimum Gasteiger partial charge on any atom is -0.496 e. The van der Waals surface area contributed by atoms with Crippen molar-refractivity contribution in [2.24, 2.45) is 0 Å². The molecule has 0 saturated carbocycles. The Morgan fingerprint density at radius 1 is 1.16 bits per heavy atom. The van der Waals surface area contributed by atoms with Crippen molar-refractivity contribution in [1.82, 2.24) is 0 Å². The topological polar surface area (TPSA) is 38.7 Å². The summed E-state index contributed by atoms with van der Waals surface area (Å²) in [6.07, 6.45) is 1.44. The number of hydrogen-bond donors (Lipinski definition) is 1. The van der Waals surface area contributed by atoms with Crippen molar-refractivity contribution in [2.45, 2.75) is 58.3 Å². The highest BCUT2D eigenvalue weighted by Crippen LogP contribution is 2.40. The summed E-state index contributed by atoms with van der Waals surface area (Å²) in [6, 6.07) is 4.06. The van der Waals surface area contributed by atoms with Crippen molar-refractivity contribution in [2.75, 3.05) is 7.11 Å². The lowest BCUT2D eigenvalue weighted by molar-refractivity contribution is -0.136. The van der Waals surface area contributed by atoms with Crippen LogP contribution in [0, 0.1) is 13.8 Å². The van der Waals surface area contributed by atoms with Crippen LogP contribution in [-0.2, 0) is 10.3 Å². The molecule has 0 amide bonds. The smallest absolute Gasteiger partial charge is 0.122 e. The molecule has 1 saturated heterocycles. The maximum Gasteiger partial charge on any atom is 0.122 e. The van der Waals surface area contributed by atoms with Gasteiger partial charge in [0.2, 0.25) is 0 Å². The van der Waals surface area contributed by atoms with Crippen LogP contribution in [0.5, 0.6) is 5.75 Å². The summed E-state index contributed by atoms with van der Waals surface area (Å²) in [5.41, 5.74) is 2.35. The standard InChI is InChI=1S/C16H24O3/c1-10-7-15(18-5)11(2)6-14(10)16(17)8-12(3)19-13(4)9-16/h6-7,12-13,17H,8-9H2,1-5H3. The molecule has 2 rings (SSSR count). The fraction of sp³-hybridized carbons (Fsp3) is 0.625. The summed E-state index contributed by atoms with van der Waals surface area (Å²) in [5.74, 6) is 0.873. The average molecular weight is 264 g/mol. The molecular formula is C16H24O3. The fourth-order valence-electron chi connectivity index (χ4n) is 3.26. The Morgan fingerprint density at radius 2 is 1.74 bits per heavy atom. The van der Waals surface area contributed by atoms with E-state index in [4.69, 9.17) is 9.47 Å².